The SMILES string of the molecule is O=C(O)C1(CN2CCC(COC3=NOc4cccc(OCC5CCC5)c4C3)CC2)CCCC1. The second-order valence-electron chi connectivity index (χ2n) is 10.4. The molecule has 2 aliphatic carbocycles. The Morgan fingerprint density at radius 2 is 1.79 bits per heavy atom. The minimum Gasteiger partial charge on any atom is -0.493 e. The Labute approximate surface area is 196 Å². The van der Waals surface area contributed by atoms with Crippen LogP contribution in [0.15, 0.2) is 23.4 Å². The van der Waals surface area contributed by atoms with E-state index in [4.69, 9.17) is 14.3 Å². The van der Waals surface area contributed by atoms with Crippen LogP contribution in [0, 0.1) is 17.3 Å². The lowest BCUT2D eigenvalue weighted by Crippen LogP contribution is -2.45. The molecular formula is C26H36N2O5. The van der Waals surface area contributed by atoms with Crippen molar-refractivity contribution in [1.29, 1.82) is 0 Å². The molecule has 0 amide bonds. The monoisotopic (exact) mass is 456 g/mol. The highest BCUT2D eigenvalue weighted by Gasteiger charge is 2.43. The minimum absolute atomic E-state index is 0.458. The van der Waals surface area contributed by atoms with E-state index in [1.54, 1.807) is 0 Å². The van der Waals surface area contributed by atoms with Crippen molar-refractivity contribution in [3.8, 4) is 11.5 Å². The number of benzene rings is 1. The molecule has 0 radical (unpaired) electrons. The molecule has 5 rings (SSSR count). The first-order valence-electron chi connectivity index (χ1n) is 12.7. The number of piperidine rings is 1. The number of hydrogen-bond acceptors (Lipinski definition) is 6. The Bertz CT molecular complexity index is 867. The number of carbonyl (C=O) groups is 1. The number of carboxylic acid groups (broad SMARTS) is 1. The van der Waals surface area contributed by atoms with Gasteiger partial charge in [-0.25, -0.2) is 0 Å². The Morgan fingerprint density at radius 1 is 1.06 bits per heavy atom. The lowest BCUT2D eigenvalue weighted by atomic mass is 9.84. The third kappa shape index (κ3) is 5.13. The van der Waals surface area contributed by atoms with Gasteiger partial charge in [0.25, 0.3) is 0 Å². The third-order valence-electron chi connectivity index (χ3n) is 8.10. The van der Waals surface area contributed by atoms with E-state index >= 15 is 0 Å². The number of ether oxygens (including phenoxy) is 2. The van der Waals surface area contributed by atoms with Gasteiger partial charge in [0.05, 0.1) is 25.0 Å². The van der Waals surface area contributed by atoms with E-state index in [0.717, 1.165) is 75.3 Å². The molecule has 0 atom stereocenters. The molecule has 0 spiro atoms. The molecule has 0 unspecified atom stereocenters. The first-order valence-corrected chi connectivity index (χ1v) is 12.7. The first kappa shape index (κ1) is 22.5. The average Bonchev–Trinajstić information content (AvgIpc) is 3.28. The van der Waals surface area contributed by atoms with E-state index in [1.807, 2.05) is 18.2 Å². The van der Waals surface area contributed by atoms with Crippen molar-refractivity contribution in [3.05, 3.63) is 23.8 Å². The lowest BCUT2D eigenvalue weighted by Gasteiger charge is -2.37. The number of hydrogen-bond donors (Lipinski definition) is 1. The van der Waals surface area contributed by atoms with Crippen LogP contribution in [0.2, 0.25) is 0 Å². The standard InChI is InChI=1S/C26H36N2O5/c29-25(30)26(11-1-2-12-26)18-28-13-9-20(10-14-28)17-32-24-15-21-22(31-16-19-5-3-6-19)7-4-8-23(21)33-27-24/h4,7-8,19-20H,1-3,5-6,9-18H2,(H,29,30). The zero-order chi connectivity index (χ0) is 22.7. The average molecular weight is 457 g/mol. The summed E-state index contributed by atoms with van der Waals surface area (Å²) in [7, 11) is 0. The molecule has 1 N–H and O–H groups in total. The molecule has 1 aromatic carbocycles. The lowest BCUT2D eigenvalue weighted by molar-refractivity contribution is -0.150. The van der Waals surface area contributed by atoms with Gasteiger partial charge < -0.3 is 24.3 Å². The van der Waals surface area contributed by atoms with Crippen LogP contribution >= 0.6 is 0 Å². The molecule has 1 saturated heterocycles. The van der Waals surface area contributed by atoms with E-state index < -0.39 is 11.4 Å². The third-order valence-corrected chi connectivity index (χ3v) is 8.10. The van der Waals surface area contributed by atoms with Gasteiger partial charge in [0.2, 0.25) is 5.90 Å². The van der Waals surface area contributed by atoms with Crippen LogP contribution < -0.4 is 9.57 Å². The van der Waals surface area contributed by atoms with Crippen LogP contribution in [0.3, 0.4) is 0 Å². The fourth-order valence-corrected chi connectivity index (χ4v) is 5.61. The Balaban J connectivity index is 1.09. The van der Waals surface area contributed by atoms with Crippen LogP contribution in [-0.4, -0.2) is 54.7 Å². The van der Waals surface area contributed by atoms with Crippen molar-refractivity contribution < 1.29 is 24.2 Å². The highest BCUT2D eigenvalue weighted by molar-refractivity contribution is 5.81. The first-order chi connectivity index (χ1) is 16.1. The van der Waals surface area contributed by atoms with Crippen LogP contribution in [0.4, 0.5) is 0 Å². The number of oxime groups is 1. The van der Waals surface area contributed by atoms with Crippen molar-refractivity contribution in [2.24, 2.45) is 22.4 Å². The fourth-order valence-electron chi connectivity index (χ4n) is 5.61. The van der Waals surface area contributed by atoms with Gasteiger partial charge in [-0.05, 0) is 80.7 Å². The molecule has 0 bridgehead atoms. The predicted octanol–water partition coefficient (Wildman–Crippen LogP) is 4.49. The molecule has 2 saturated carbocycles. The quantitative estimate of drug-likeness (QED) is 0.621. The van der Waals surface area contributed by atoms with Crippen LogP contribution in [0.1, 0.15) is 63.4 Å². The van der Waals surface area contributed by atoms with Gasteiger partial charge in [0.1, 0.15) is 5.75 Å². The van der Waals surface area contributed by atoms with Gasteiger partial charge in [-0.3, -0.25) is 4.79 Å². The summed E-state index contributed by atoms with van der Waals surface area (Å²) >= 11 is 0. The van der Waals surface area contributed by atoms with E-state index in [2.05, 4.69) is 10.1 Å². The molecule has 180 valence electrons. The predicted molar refractivity (Wildman–Crippen MR) is 125 cm³/mol. The number of rotatable bonds is 8. The number of fused-ring (bicyclic) bond motifs is 1. The fraction of sp³-hybridized carbons (Fsp3) is 0.692. The van der Waals surface area contributed by atoms with Crippen LogP contribution in [0.5, 0.6) is 11.5 Å². The summed E-state index contributed by atoms with van der Waals surface area (Å²) in [6, 6.07) is 5.88. The smallest absolute Gasteiger partial charge is 0.310 e. The van der Waals surface area contributed by atoms with Crippen molar-refractivity contribution in [1.82, 2.24) is 4.90 Å². The summed E-state index contributed by atoms with van der Waals surface area (Å²) in [5, 5.41) is 14.0. The number of nitrogens with zero attached hydrogens (tertiary/aromatic N) is 2. The minimum atomic E-state index is -0.614. The molecule has 7 nitrogen and oxygen atoms in total. The Morgan fingerprint density at radius 3 is 2.48 bits per heavy atom. The summed E-state index contributed by atoms with van der Waals surface area (Å²) in [6.45, 7) is 3.96. The van der Waals surface area contributed by atoms with Crippen molar-refractivity contribution in [3.63, 3.8) is 0 Å². The highest BCUT2D eigenvalue weighted by atomic mass is 16.7. The normalized spacial score (nSPS) is 23.2. The van der Waals surface area contributed by atoms with Crippen molar-refractivity contribution >= 4 is 11.9 Å². The molecule has 1 aromatic rings. The molecule has 4 aliphatic rings. The summed E-state index contributed by atoms with van der Waals surface area (Å²) in [5.74, 6) is 2.76. The van der Waals surface area contributed by atoms with Gasteiger partial charge >= 0.3 is 5.97 Å². The topological polar surface area (TPSA) is 80.6 Å². The zero-order valence-corrected chi connectivity index (χ0v) is 19.5. The maximum atomic E-state index is 11.9. The van der Waals surface area contributed by atoms with Gasteiger partial charge in [-0.1, -0.05) is 25.3 Å². The van der Waals surface area contributed by atoms with Gasteiger partial charge in [-0.15, -0.1) is 0 Å². The van der Waals surface area contributed by atoms with Gasteiger partial charge in [0.15, 0.2) is 5.75 Å². The zero-order valence-electron chi connectivity index (χ0n) is 19.5. The molecule has 3 fully saturated rings. The van der Waals surface area contributed by atoms with Crippen molar-refractivity contribution in [2.75, 3.05) is 32.8 Å². The molecular weight excluding hydrogens is 420 g/mol. The maximum absolute atomic E-state index is 11.9. The van der Waals surface area contributed by atoms with Crippen LogP contribution in [0.25, 0.3) is 0 Å². The molecule has 2 aliphatic heterocycles. The molecule has 0 aromatic heterocycles. The molecule has 7 heteroatoms. The Kier molecular flexibility index (Phi) is 6.76. The summed E-state index contributed by atoms with van der Waals surface area (Å²) in [5.41, 5.74) is 0.496. The highest BCUT2D eigenvalue weighted by Crippen LogP contribution is 2.40. The van der Waals surface area contributed by atoms with E-state index in [-0.39, 0.29) is 0 Å². The second kappa shape index (κ2) is 9.92. The second-order valence-corrected chi connectivity index (χ2v) is 10.4. The maximum Gasteiger partial charge on any atom is 0.310 e. The summed E-state index contributed by atoms with van der Waals surface area (Å²) in [4.78, 5) is 19.8. The van der Waals surface area contributed by atoms with Gasteiger partial charge in [-0.2, -0.15) is 0 Å². The number of aliphatic carboxylic acids is 1. The number of carboxylic acids is 1. The summed E-state index contributed by atoms with van der Waals surface area (Å²) in [6.07, 6.45) is 10.2. The van der Waals surface area contributed by atoms with E-state index in [0.29, 0.717) is 37.3 Å². The molecule has 2 heterocycles. The van der Waals surface area contributed by atoms with E-state index in [9.17, 15) is 9.90 Å². The Hall–Kier alpha value is -2.28. The van der Waals surface area contributed by atoms with E-state index in [1.165, 1.54) is 19.3 Å². The van der Waals surface area contributed by atoms with Crippen molar-refractivity contribution in [2.45, 2.75) is 64.2 Å². The molecule has 33 heavy (non-hydrogen) atoms. The number of likely N-dealkylation sites (tertiary alicyclic amines) is 1. The largest absolute Gasteiger partial charge is 0.493 e. The van der Waals surface area contributed by atoms with Crippen LogP contribution in [-0.2, 0) is 16.0 Å². The summed E-state index contributed by atoms with van der Waals surface area (Å²) < 4.78 is 12.2. The van der Waals surface area contributed by atoms with Gasteiger partial charge in [0, 0.05) is 12.1 Å².